The largest absolute Gasteiger partial charge is 0.508 e. The van der Waals surface area contributed by atoms with Crippen LogP contribution in [0.25, 0.3) is 0 Å². The van der Waals surface area contributed by atoms with Gasteiger partial charge in [-0.05, 0) is 31.0 Å². The minimum Gasteiger partial charge on any atom is -0.508 e. The molecule has 2 rings (SSSR count). The van der Waals surface area contributed by atoms with E-state index in [0.29, 0.717) is 5.56 Å². The summed E-state index contributed by atoms with van der Waals surface area (Å²) in [6, 6.07) is 6.82. The van der Waals surface area contributed by atoms with Crippen LogP contribution in [0.5, 0.6) is 5.75 Å². The normalized spacial score (nSPS) is 20.1. The maximum atomic E-state index is 12.2. The third-order valence-corrected chi connectivity index (χ3v) is 3.66. The highest BCUT2D eigenvalue weighted by Gasteiger charge is 2.28. The number of halogens is 1. The molecule has 3 nitrogen and oxygen atoms in total. The molecule has 0 bridgehead atoms. The zero-order valence-corrected chi connectivity index (χ0v) is 10.5. The molecular weight excluding hydrogens is 270 g/mol. The summed E-state index contributed by atoms with van der Waals surface area (Å²) in [5, 5.41) is 10.2. The van der Waals surface area contributed by atoms with Crippen LogP contribution >= 0.6 is 15.9 Å². The molecule has 0 radical (unpaired) electrons. The van der Waals surface area contributed by atoms with Gasteiger partial charge in [-0.3, -0.25) is 4.79 Å². The van der Waals surface area contributed by atoms with E-state index in [2.05, 4.69) is 15.9 Å². The second-order valence-electron chi connectivity index (χ2n) is 4.00. The number of phenols is 1. The van der Waals surface area contributed by atoms with Gasteiger partial charge in [0.1, 0.15) is 5.75 Å². The number of hydrogen-bond donors (Lipinski definition) is 1. The molecule has 0 aromatic heterocycles. The lowest BCUT2D eigenvalue weighted by molar-refractivity contribution is 0.0750. The van der Waals surface area contributed by atoms with E-state index in [1.54, 1.807) is 18.2 Å². The van der Waals surface area contributed by atoms with Gasteiger partial charge in [-0.25, -0.2) is 0 Å². The fourth-order valence-corrected chi connectivity index (χ4v) is 2.74. The Morgan fingerprint density at radius 1 is 1.56 bits per heavy atom. The number of amides is 1. The predicted molar refractivity (Wildman–Crippen MR) is 66.0 cm³/mol. The van der Waals surface area contributed by atoms with Gasteiger partial charge in [-0.15, -0.1) is 0 Å². The molecule has 1 unspecified atom stereocenters. The van der Waals surface area contributed by atoms with Crippen LogP contribution in [-0.4, -0.2) is 33.8 Å². The van der Waals surface area contributed by atoms with E-state index in [-0.39, 0.29) is 17.7 Å². The Bertz CT molecular complexity index is 394. The zero-order chi connectivity index (χ0) is 11.5. The van der Waals surface area contributed by atoms with Crippen LogP contribution < -0.4 is 0 Å². The molecule has 1 atom stereocenters. The number of alkyl halides is 1. The molecular formula is C12H14BrNO2. The van der Waals surface area contributed by atoms with Gasteiger partial charge in [-0.2, -0.15) is 0 Å². The summed E-state index contributed by atoms with van der Waals surface area (Å²) in [6.45, 7) is 0.810. The Morgan fingerprint density at radius 3 is 3.06 bits per heavy atom. The average molecular weight is 284 g/mol. The molecule has 1 aliphatic rings. The number of aromatic hydroxyl groups is 1. The summed E-state index contributed by atoms with van der Waals surface area (Å²) in [5.74, 6) is 0.151. The maximum absolute atomic E-state index is 12.2. The minimum absolute atomic E-state index is 0.0119. The van der Waals surface area contributed by atoms with E-state index in [1.165, 1.54) is 6.07 Å². The summed E-state index contributed by atoms with van der Waals surface area (Å²) in [4.78, 5) is 14.0. The van der Waals surface area contributed by atoms with E-state index >= 15 is 0 Å². The Morgan fingerprint density at radius 2 is 2.38 bits per heavy atom. The van der Waals surface area contributed by atoms with Crippen molar-refractivity contribution < 1.29 is 9.90 Å². The molecule has 0 aliphatic carbocycles. The van der Waals surface area contributed by atoms with Gasteiger partial charge in [0.15, 0.2) is 0 Å². The zero-order valence-electron chi connectivity index (χ0n) is 8.90. The lowest BCUT2D eigenvalue weighted by Crippen LogP contribution is -2.36. The molecule has 1 heterocycles. The van der Waals surface area contributed by atoms with Crippen LogP contribution in [0, 0.1) is 0 Å². The molecule has 86 valence electrons. The number of rotatable bonds is 2. The van der Waals surface area contributed by atoms with Crippen LogP contribution in [0.4, 0.5) is 0 Å². The summed E-state index contributed by atoms with van der Waals surface area (Å²) >= 11 is 3.43. The van der Waals surface area contributed by atoms with Crippen molar-refractivity contribution in [2.24, 2.45) is 0 Å². The van der Waals surface area contributed by atoms with Crippen molar-refractivity contribution >= 4 is 21.8 Å². The monoisotopic (exact) mass is 283 g/mol. The molecule has 1 aliphatic heterocycles. The van der Waals surface area contributed by atoms with Gasteiger partial charge in [0.05, 0.1) is 0 Å². The van der Waals surface area contributed by atoms with Crippen LogP contribution in [0.2, 0.25) is 0 Å². The van der Waals surface area contributed by atoms with Crippen molar-refractivity contribution in [3.05, 3.63) is 29.8 Å². The lowest BCUT2D eigenvalue weighted by Gasteiger charge is -2.23. The van der Waals surface area contributed by atoms with Crippen LogP contribution in [0.1, 0.15) is 23.2 Å². The smallest absolute Gasteiger partial charge is 0.254 e. The van der Waals surface area contributed by atoms with Crippen LogP contribution in [0.3, 0.4) is 0 Å². The first-order chi connectivity index (χ1) is 7.72. The number of phenolic OH excluding ortho intramolecular Hbond substituents is 1. The number of nitrogens with zero attached hydrogens (tertiary/aromatic N) is 1. The van der Waals surface area contributed by atoms with Crippen LogP contribution in [0.15, 0.2) is 24.3 Å². The number of hydrogen-bond acceptors (Lipinski definition) is 2. The highest BCUT2D eigenvalue weighted by Crippen LogP contribution is 2.22. The molecule has 1 saturated heterocycles. The minimum atomic E-state index is 0.0119. The standard InChI is InChI=1S/C12H14BrNO2/c13-8-10-4-2-6-14(10)12(16)9-3-1-5-11(15)7-9/h1,3,5,7,10,15H,2,4,6,8H2. The van der Waals surface area contributed by atoms with Crippen molar-refractivity contribution in [2.45, 2.75) is 18.9 Å². The second kappa shape index (κ2) is 4.87. The number of carbonyl (C=O) groups excluding carboxylic acids is 1. The predicted octanol–water partition coefficient (Wildman–Crippen LogP) is 2.39. The van der Waals surface area contributed by atoms with Crippen molar-refractivity contribution in [2.75, 3.05) is 11.9 Å². The van der Waals surface area contributed by atoms with Gasteiger partial charge in [0.25, 0.3) is 5.91 Å². The van der Waals surface area contributed by atoms with Crippen LogP contribution in [-0.2, 0) is 0 Å². The first-order valence-corrected chi connectivity index (χ1v) is 6.50. The molecule has 4 heteroatoms. The highest BCUT2D eigenvalue weighted by molar-refractivity contribution is 9.09. The summed E-state index contributed by atoms with van der Waals surface area (Å²) in [7, 11) is 0. The van der Waals surface area contributed by atoms with Gasteiger partial charge in [0.2, 0.25) is 0 Å². The van der Waals surface area contributed by atoms with Gasteiger partial charge in [0, 0.05) is 23.5 Å². The third kappa shape index (κ3) is 2.21. The quantitative estimate of drug-likeness (QED) is 0.847. The topological polar surface area (TPSA) is 40.5 Å². The number of likely N-dealkylation sites (tertiary alicyclic amines) is 1. The molecule has 1 fully saturated rings. The van der Waals surface area contributed by atoms with E-state index in [1.807, 2.05) is 4.90 Å². The fraction of sp³-hybridized carbons (Fsp3) is 0.417. The Hall–Kier alpha value is -1.03. The SMILES string of the molecule is O=C(c1cccc(O)c1)N1CCCC1CBr. The summed E-state index contributed by atoms with van der Waals surface area (Å²) in [6.07, 6.45) is 2.11. The van der Waals surface area contributed by atoms with Gasteiger partial charge in [-0.1, -0.05) is 22.0 Å². The first-order valence-electron chi connectivity index (χ1n) is 5.38. The van der Waals surface area contributed by atoms with E-state index < -0.39 is 0 Å². The summed E-state index contributed by atoms with van der Waals surface area (Å²) in [5.41, 5.74) is 0.563. The van der Waals surface area contributed by atoms with Crippen molar-refractivity contribution in [1.82, 2.24) is 4.90 Å². The first kappa shape index (κ1) is 11.5. The molecule has 1 N–H and O–H groups in total. The molecule has 1 aromatic carbocycles. The Balaban J connectivity index is 2.18. The average Bonchev–Trinajstić information content (AvgIpc) is 2.76. The fourth-order valence-electron chi connectivity index (χ4n) is 2.07. The highest BCUT2D eigenvalue weighted by atomic mass is 79.9. The third-order valence-electron chi connectivity index (χ3n) is 2.91. The second-order valence-corrected chi connectivity index (χ2v) is 4.65. The maximum Gasteiger partial charge on any atom is 0.254 e. The molecule has 1 aromatic rings. The van der Waals surface area contributed by atoms with E-state index in [9.17, 15) is 9.90 Å². The van der Waals surface area contributed by atoms with E-state index in [0.717, 1.165) is 24.7 Å². The Kier molecular flexibility index (Phi) is 3.49. The lowest BCUT2D eigenvalue weighted by atomic mass is 10.1. The van der Waals surface area contributed by atoms with E-state index in [4.69, 9.17) is 0 Å². The molecule has 0 saturated carbocycles. The van der Waals surface area contributed by atoms with Gasteiger partial charge >= 0.3 is 0 Å². The Labute approximate surface area is 103 Å². The van der Waals surface area contributed by atoms with Gasteiger partial charge < -0.3 is 10.0 Å². The summed E-state index contributed by atoms with van der Waals surface area (Å²) < 4.78 is 0. The molecule has 16 heavy (non-hydrogen) atoms. The molecule has 0 spiro atoms. The van der Waals surface area contributed by atoms with Crippen molar-refractivity contribution in [3.8, 4) is 5.75 Å². The number of carbonyl (C=O) groups is 1. The molecule has 1 amide bonds. The van der Waals surface area contributed by atoms with Crippen molar-refractivity contribution in [3.63, 3.8) is 0 Å². The van der Waals surface area contributed by atoms with Crippen molar-refractivity contribution in [1.29, 1.82) is 0 Å². The number of benzene rings is 1.